The zero-order valence-electron chi connectivity index (χ0n) is 15.1. The molecule has 8 nitrogen and oxygen atoms in total. The van der Waals surface area contributed by atoms with Crippen LogP contribution in [0.1, 0.15) is 30.0 Å². The van der Waals surface area contributed by atoms with Gasteiger partial charge in [-0.2, -0.15) is 0 Å². The van der Waals surface area contributed by atoms with Crippen LogP contribution in [0.15, 0.2) is 52.0 Å². The van der Waals surface area contributed by atoms with Gasteiger partial charge in [-0.15, -0.1) is 0 Å². The van der Waals surface area contributed by atoms with Crippen molar-refractivity contribution >= 4 is 21.8 Å². The van der Waals surface area contributed by atoms with Gasteiger partial charge in [0.15, 0.2) is 5.76 Å². The highest BCUT2D eigenvalue weighted by atomic mass is 32.2. The highest BCUT2D eigenvalue weighted by Crippen LogP contribution is 2.09. The maximum absolute atomic E-state index is 12.4. The summed E-state index contributed by atoms with van der Waals surface area (Å²) in [6, 6.07) is 8.55. The Morgan fingerprint density at radius 3 is 2.33 bits per heavy atom. The Morgan fingerprint density at radius 1 is 1.15 bits per heavy atom. The molecule has 1 atom stereocenters. The van der Waals surface area contributed by atoms with Crippen LogP contribution in [-0.2, 0) is 21.2 Å². The second-order valence-corrected chi connectivity index (χ2v) is 7.96. The van der Waals surface area contributed by atoms with E-state index in [1.807, 2.05) is 13.8 Å². The predicted molar refractivity (Wildman–Crippen MR) is 99.3 cm³/mol. The summed E-state index contributed by atoms with van der Waals surface area (Å²) in [5.41, 5.74) is 0.850. The van der Waals surface area contributed by atoms with Crippen molar-refractivity contribution in [3.05, 3.63) is 54.0 Å². The minimum Gasteiger partial charge on any atom is -0.459 e. The topological polar surface area (TPSA) is 132 Å². The fourth-order valence-corrected chi connectivity index (χ4v) is 2.96. The van der Waals surface area contributed by atoms with E-state index in [4.69, 9.17) is 9.56 Å². The fourth-order valence-electron chi connectivity index (χ4n) is 2.44. The molecular formula is C18H23N3O5S. The van der Waals surface area contributed by atoms with Crippen LogP contribution in [0, 0.1) is 5.92 Å². The lowest BCUT2D eigenvalue weighted by Gasteiger charge is -2.21. The van der Waals surface area contributed by atoms with Gasteiger partial charge in [-0.3, -0.25) is 9.59 Å². The summed E-state index contributed by atoms with van der Waals surface area (Å²) in [6.07, 6.45) is 1.90. The first-order chi connectivity index (χ1) is 12.7. The van der Waals surface area contributed by atoms with Crippen LogP contribution in [0.2, 0.25) is 0 Å². The average Bonchev–Trinajstić information content (AvgIpc) is 3.13. The molecule has 2 rings (SSSR count). The minimum atomic E-state index is -3.72. The van der Waals surface area contributed by atoms with Gasteiger partial charge in [0.2, 0.25) is 15.9 Å². The molecule has 1 heterocycles. The highest BCUT2D eigenvalue weighted by molar-refractivity contribution is 7.89. The molecule has 0 aliphatic carbocycles. The third-order valence-electron chi connectivity index (χ3n) is 3.95. The number of carbonyl (C=O) groups excluding carboxylic acids is 2. The monoisotopic (exact) mass is 393 g/mol. The number of primary sulfonamides is 1. The van der Waals surface area contributed by atoms with Crippen LogP contribution >= 0.6 is 0 Å². The van der Waals surface area contributed by atoms with Gasteiger partial charge in [-0.05, 0) is 42.2 Å². The number of hydrogen-bond acceptors (Lipinski definition) is 5. The molecule has 4 N–H and O–H groups in total. The molecule has 9 heteroatoms. The summed E-state index contributed by atoms with van der Waals surface area (Å²) in [5.74, 6) is -0.722. The van der Waals surface area contributed by atoms with Gasteiger partial charge < -0.3 is 15.1 Å². The normalized spacial score (nSPS) is 12.6. The van der Waals surface area contributed by atoms with Gasteiger partial charge in [0.05, 0.1) is 11.2 Å². The molecule has 0 saturated heterocycles. The summed E-state index contributed by atoms with van der Waals surface area (Å²) in [4.78, 5) is 24.5. The molecule has 1 aromatic carbocycles. The van der Waals surface area contributed by atoms with Crippen LogP contribution in [0.3, 0.4) is 0 Å². The first-order valence-electron chi connectivity index (χ1n) is 8.42. The second kappa shape index (κ2) is 8.83. The number of carbonyl (C=O) groups is 2. The zero-order valence-corrected chi connectivity index (χ0v) is 16.0. The number of nitrogens with one attached hydrogen (secondary N) is 2. The maximum atomic E-state index is 12.4. The molecule has 146 valence electrons. The first kappa shape index (κ1) is 20.7. The van der Waals surface area contributed by atoms with Crippen molar-refractivity contribution in [3.63, 3.8) is 0 Å². The Bertz CT molecular complexity index is 874. The molecular weight excluding hydrogens is 370 g/mol. The Kier molecular flexibility index (Phi) is 6.75. The van der Waals surface area contributed by atoms with E-state index in [1.165, 1.54) is 24.5 Å². The quantitative estimate of drug-likeness (QED) is 0.617. The molecule has 0 spiro atoms. The minimum absolute atomic E-state index is 0.0378. The summed E-state index contributed by atoms with van der Waals surface area (Å²) in [6.45, 7) is 4.00. The van der Waals surface area contributed by atoms with E-state index in [-0.39, 0.29) is 22.5 Å². The van der Waals surface area contributed by atoms with Crippen LogP contribution < -0.4 is 15.8 Å². The molecule has 0 radical (unpaired) electrons. The van der Waals surface area contributed by atoms with E-state index in [0.717, 1.165) is 5.56 Å². The molecule has 27 heavy (non-hydrogen) atoms. The highest BCUT2D eigenvalue weighted by Gasteiger charge is 2.25. The lowest BCUT2D eigenvalue weighted by molar-refractivity contribution is -0.123. The Hall–Kier alpha value is -2.65. The molecule has 0 fully saturated rings. The van der Waals surface area contributed by atoms with Crippen molar-refractivity contribution in [2.45, 2.75) is 31.2 Å². The summed E-state index contributed by atoms with van der Waals surface area (Å²) < 4.78 is 27.5. The number of hydrogen-bond donors (Lipinski definition) is 3. The van der Waals surface area contributed by atoms with Gasteiger partial charge in [0.25, 0.3) is 5.91 Å². The number of sulfonamides is 1. The average molecular weight is 393 g/mol. The summed E-state index contributed by atoms with van der Waals surface area (Å²) >= 11 is 0. The van der Waals surface area contributed by atoms with E-state index in [2.05, 4.69) is 10.6 Å². The SMILES string of the molecule is CC(C)C(NC(=O)c1ccco1)C(=O)NCCc1ccc(S(N)(=O)=O)cc1. The van der Waals surface area contributed by atoms with Crippen molar-refractivity contribution < 1.29 is 22.4 Å². The summed E-state index contributed by atoms with van der Waals surface area (Å²) in [5, 5.41) is 10.5. The lowest BCUT2D eigenvalue weighted by Crippen LogP contribution is -2.50. The molecule has 2 aromatic rings. The van der Waals surface area contributed by atoms with Crippen LogP contribution in [0.5, 0.6) is 0 Å². The number of rotatable bonds is 8. The maximum Gasteiger partial charge on any atom is 0.287 e. The number of furan rings is 1. The second-order valence-electron chi connectivity index (χ2n) is 6.40. The molecule has 0 bridgehead atoms. The van der Waals surface area contributed by atoms with Gasteiger partial charge in [-0.1, -0.05) is 26.0 Å². The van der Waals surface area contributed by atoms with E-state index < -0.39 is 22.0 Å². The van der Waals surface area contributed by atoms with Crippen molar-refractivity contribution in [1.82, 2.24) is 10.6 Å². The first-order valence-corrected chi connectivity index (χ1v) is 9.97. The van der Waals surface area contributed by atoms with Crippen LogP contribution in [0.25, 0.3) is 0 Å². The van der Waals surface area contributed by atoms with Gasteiger partial charge in [0.1, 0.15) is 6.04 Å². The third-order valence-corrected chi connectivity index (χ3v) is 4.87. The van der Waals surface area contributed by atoms with Crippen molar-refractivity contribution in [3.8, 4) is 0 Å². The van der Waals surface area contributed by atoms with Crippen molar-refractivity contribution in [1.29, 1.82) is 0 Å². The fraction of sp³-hybridized carbons (Fsp3) is 0.333. The third kappa shape index (κ3) is 5.93. The van der Waals surface area contributed by atoms with Crippen LogP contribution in [-0.4, -0.2) is 32.8 Å². The van der Waals surface area contributed by atoms with Gasteiger partial charge in [0, 0.05) is 6.54 Å². The van der Waals surface area contributed by atoms with Crippen molar-refractivity contribution in [2.24, 2.45) is 11.1 Å². The Morgan fingerprint density at radius 2 is 1.81 bits per heavy atom. The Balaban J connectivity index is 1.89. The van der Waals surface area contributed by atoms with Crippen LogP contribution in [0.4, 0.5) is 0 Å². The molecule has 2 amide bonds. The Labute approximate surface area is 158 Å². The molecule has 0 saturated carbocycles. The van der Waals surface area contributed by atoms with E-state index in [1.54, 1.807) is 18.2 Å². The molecule has 0 aliphatic rings. The number of benzene rings is 1. The number of nitrogens with two attached hydrogens (primary N) is 1. The zero-order chi connectivity index (χ0) is 20.0. The standard InChI is InChI=1S/C18H23N3O5S/c1-12(2)16(21-17(22)15-4-3-11-26-15)18(23)20-10-9-13-5-7-14(8-6-13)27(19,24)25/h3-8,11-12,16H,9-10H2,1-2H3,(H,20,23)(H,21,22)(H2,19,24,25). The van der Waals surface area contributed by atoms with E-state index in [0.29, 0.717) is 13.0 Å². The molecule has 1 unspecified atom stereocenters. The summed E-state index contributed by atoms with van der Waals surface area (Å²) in [7, 11) is -3.72. The van der Waals surface area contributed by atoms with Gasteiger partial charge in [-0.25, -0.2) is 13.6 Å². The smallest absolute Gasteiger partial charge is 0.287 e. The van der Waals surface area contributed by atoms with E-state index in [9.17, 15) is 18.0 Å². The molecule has 0 aliphatic heterocycles. The number of amides is 2. The van der Waals surface area contributed by atoms with Crippen molar-refractivity contribution in [2.75, 3.05) is 6.54 Å². The predicted octanol–water partition coefficient (Wildman–Crippen LogP) is 1.04. The van der Waals surface area contributed by atoms with E-state index >= 15 is 0 Å². The lowest BCUT2D eigenvalue weighted by atomic mass is 10.0. The van der Waals surface area contributed by atoms with Gasteiger partial charge >= 0.3 is 0 Å². The molecule has 1 aromatic heterocycles. The largest absolute Gasteiger partial charge is 0.459 e.